The van der Waals surface area contributed by atoms with E-state index in [4.69, 9.17) is 0 Å². The molecule has 3 N–H and O–H groups in total. The molecule has 5 nitrogen and oxygen atoms in total. The second-order valence-electron chi connectivity index (χ2n) is 1.39. The fraction of sp³-hybridized carbons (Fsp3) is 0.333. The molecular formula is C6H13N2O3+. The van der Waals surface area contributed by atoms with Crippen molar-refractivity contribution in [2.45, 2.75) is 0 Å². The largest absolute Gasteiger partial charge is 0.478 e. The summed E-state index contributed by atoms with van der Waals surface area (Å²) in [5, 5.41) is 0.0311. The minimum absolute atomic E-state index is 0. The maximum atomic E-state index is 10.3. The Morgan fingerprint density at radius 1 is 1.18 bits per heavy atom. The molecule has 0 radical (unpaired) electrons. The molecule has 0 unspecified atom stereocenters. The highest BCUT2D eigenvalue weighted by atomic mass is 17.0. The van der Waals surface area contributed by atoms with Crippen molar-refractivity contribution in [3.05, 3.63) is 30.2 Å². The third-order valence-corrected chi connectivity index (χ3v) is 0.596. The predicted octanol–water partition coefficient (Wildman–Crippen LogP) is 1.16. The normalized spacial score (nSPS) is 7.27. The summed E-state index contributed by atoms with van der Waals surface area (Å²) in [6, 6.07) is 0. The Morgan fingerprint density at radius 3 is 1.82 bits per heavy atom. The highest BCUT2D eigenvalue weighted by Crippen LogP contribution is 1.81. The Labute approximate surface area is 65.4 Å². The van der Waals surface area contributed by atoms with Gasteiger partial charge in [-0.1, -0.05) is 13.2 Å². The van der Waals surface area contributed by atoms with E-state index in [2.05, 4.69) is 22.8 Å². The number of hydrogen-bond acceptors (Lipinski definition) is 4. The van der Waals surface area contributed by atoms with Gasteiger partial charge in [0.05, 0.1) is 0 Å². The van der Waals surface area contributed by atoms with E-state index in [-0.39, 0.29) is 24.5 Å². The second kappa shape index (κ2) is 8.64. The van der Waals surface area contributed by atoms with E-state index in [0.717, 1.165) is 0 Å². The smallest absolute Gasteiger partial charge is 0.344 e. The average molecular weight is 161 g/mol. The van der Waals surface area contributed by atoms with Crippen molar-refractivity contribution in [3.8, 4) is 0 Å². The first-order valence-corrected chi connectivity index (χ1v) is 2.76. The summed E-state index contributed by atoms with van der Waals surface area (Å²) in [6.45, 7) is 6.97. The van der Waals surface area contributed by atoms with Gasteiger partial charge in [-0.05, 0) is 12.2 Å². The molecule has 5 heteroatoms. The molecule has 0 fully saturated rings. The molecule has 0 aliphatic carbocycles. The zero-order chi connectivity index (χ0) is 7.82. The lowest BCUT2D eigenvalue weighted by molar-refractivity contribution is -0.978. The van der Waals surface area contributed by atoms with Crippen LogP contribution < -0.4 is 6.15 Å². The topological polar surface area (TPSA) is 73.5 Å². The van der Waals surface area contributed by atoms with Gasteiger partial charge in [-0.15, -0.1) is 0 Å². The van der Waals surface area contributed by atoms with E-state index in [1.165, 1.54) is 12.2 Å². The number of nitrogens with zero attached hydrogens (tertiary/aromatic N) is 1. The standard InChI is InChI=1S/C6H10NO3.H3N/c1-3-5-9-7(8)10-6-4-2;/h3-4H,1-2,5-6H2;1H3/q+1;. The van der Waals surface area contributed by atoms with Gasteiger partial charge in [-0.3, -0.25) is 0 Å². The summed E-state index contributed by atoms with van der Waals surface area (Å²) in [7, 11) is 0. The fourth-order valence-electron chi connectivity index (χ4n) is 0.264. The summed E-state index contributed by atoms with van der Waals surface area (Å²) in [5.74, 6) is 0. The predicted molar refractivity (Wildman–Crippen MR) is 40.9 cm³/mol. The van der Waals surface area contributed by atoms with E-state index in [1.54, 1.807) is 0 Å². The minimum Gasteiger partial charge on any atom is -0.344 e. The van der Waals surface area contributed by atoms with Crippen molar-refractivity contribution in [2.75, 3.05) is 13.2 Å². The average Bonchev–Trinajstić information content (AvgIpc) is 1.97. The van der Waals surface area contributed by atoms with Crippen LogP contribution in [0.1, 0.15) is 0 Å². The highest BCUT2D eigenvalue weighted by molar-refractivity contribution is 4.62. The zero-order valence-corrected chi connectivity index (χ0v) is 6.36. The molecule has 0 aliphatic rings. The number of hydrogen-bond donors (Lipinski definition) is 1. The van der Waals surface area contributed by atoms with Crippen LogP contribution in [0.2, 0.25) is 0 Å². The maximum absolute atomic E-state index is 10.3. The number of rotatable bonds is 6. The van der Waals surface area contributed by atoms with Crippen LogP contribution in [0.4, 0.5) is 0 Å². The first-order chi connectivity index (χ1) is 4.81. The summed E-state index contributed by atoms with van der Waals surface area (Å²) < 4.78 is 0. The van der Waals surface area contributed by atoms with Crippen LogP contribution >= 0.6 is 0 Å². The van der Waals surface area contributed by atoms with Gasteiger partial charge in [0.25, 0.3) is 0 Å². The first kappa shape index (κ1) is 12.3. The van der Waals surface area contributed by atoms with Gasteiger partial charge < -0.3 is 6.15 Å². The maximum Gasteiger partial charge on any atom is 0.478 e. The van der Waals surface area contributed by atoms with Crippen molar-refractivity contribution in [2.24, 2.45) is 0 Å². The van der Waals surface area contributed by atoms with Gasteiger partial charge in [0, 0.05) is 0 Å². The van der Waals surface area contributed by atoms with Crippen molar-refractivity contribution < 1.29 is 14.8 Å². The summed E-state index contributed by atoms with van der Waals surface area (Å²) in [4.78, 5) is 19.1. The summed E-state index contributed by atoms with van der Waals surface area (Å²) in [5.41, 5.74) is 0. The molecular weight excluding hydrogens is 148 g/mol. The lowest BCUT2D eigenvalue weighted by atomic mass is 10.7. The summed E-state index contributed by atoms with van der Waals surface area (Å²) >= 11 is 0. The molecule has 11 heavy (non-hydrogen) atoms. The zero-order valence-electron chi connectivity index (χ0n) is 6.36. The van der Waals surface area contributed by atoms with Crippen LogP contribution in [0.5, 0.6) is 0 Å². The monoisotopic (exact) mass is 161 g/mol. The van der Waals surface area contributed by atoms with E-state index < -0.39 is 0 Å². The Bertz CT molecular complexity index is 122. The molecule has 0 amide bonds. The Morgan fingerprint density at radius 2 is 1.55 bits per heavy atom. The van der Waals surface area contributed by atoms with Gasteiger partial charge in [-0.25, -0.2) is 0 Å². The Kier molecular flexibility index (Phi) is 9.68. The van der Waals surface area contributed by atoms with E-state index in [0.29, 0.717) is 0 Å². The molecule has 0 aromatic heterocycles. The van der Waals surface area contributed by atoms with Crippen molar-refractivity contribution in [3.63, 3.8) is 0 Å². The van der Waals surface area contributed by atoms with Crippen LogP contribution in [0.25, 0.3) is 0 Å². The molecule has 0 rings (SSSR count). The van der Waals surface area contributed by atoms with Gasteiger partial charge in [0.15, 0.2) is 13.2 Å². The van der Waals surface area contributed by atoms with Crippen molar-refractivity contribution in [1.82, 2.24) is 6.15 Å². The molecule has 0 aromatic carbocycles. The van der Waals surface area contributed by atoms with E-state index in [9.17, 15) is 4.91 Å². The van der Waals surface area contributed by atoms with Gasteiger partial charge in [0.2, 0.25) is 0 Å². The van der Waals surface area contributed by atoms with Crippen LogP contribution in [0.15, 0.2) is 25.3 Å². The Balaban J connectivity index is 0. The van der Waals surface area contributed by atoms with E-state index in [1.807, 2.05) is 0 Å². The molecule has 64 valence electrons. The molecule has 0 saturated carbocycles. The molecule has 0 heterocycles. The lowest BCUT2D eigenvalue weighted by Gasteiger charge is -1.86. The van der Waals surface area contributed by atoms with Crippen molar-refractivity contribution >= 4 is 0 Å². The van der Waals surface area contributed by atoms with E-state index >= 15 is 0 Å². The third-order valence-electron chi connectivity index (χ3n) is 0.596. The molecule has 0 aromatic rings. The lowest BCUT2D eigenvalue weighted by Crippen LogP contribution is -2.10. The molecule has 0 spiro atoms. The molecule has 0 atom stereocenters. The van der Waals surface area contributed by atoms with Crippen LogP contribution in [-0.4, -0.2) is 18.3 Å². The van der Waals surface area contributed by atoms with Crippen LogP contribution in [-0.2, 0) is 9.68 Å². The molecule has 0 saturated heterocycles. The van der Waals surface area contributed by atoms with Gasteiger partial charge >= 0.3 is 5.09 Å². The SMILES string of the molecule is C=CCO[N+](=O)OCC=C.N. The van der Waals surface area contributed by atoms with Gasteiger partial charge in [-0.2, -0.15) is 9.68 Å². The van der Waals surface area contributed by atoms with Crippen LogP contribution in [0, 0.1) is 4.91 Å². The molecule has 0 bridgehead atoms. The summed E-state index contributed by atoms with van der Waals surface area (Å²) in [6.07, 6.45) is 2.89. The first-order valence-electron chi connectivity index (χ1n) is 2.76. The minimum atomic E-state index is 0. The van der Waals surface area contributed by atoms with Crippen LogP contribution in [0.3, 0.4) is 0 Å². The van der Waals surface area contributed by atoms with Crippen molar-refractivity contribution in [1.29, 1.82) is 0 Å². The van der Waals surface area contributed by atoms with Gasteiger partial charge in [0.1, 0.15) is 4.91 Å². The second-order valence-corrected chi connectivity index (χ2v) is 1.39. The fourth-order valence-corrected chi connectivity index (χ4v) is 0.264. The highest BCUT2D eigenvalue weighted by Gasteiger charge is 2.07. The molecule has 0 aliphatic heterocycles. The third kappa shape index (κ3) is 8.64. The Hall–Kier alpha value is -1.36. The quantitative estimate of drug-likeness (QED) is 0.468.